The van der Waals surface area contributed by atoms with Gasteiger partial charge in [-0.25, -0.2) is 4.78 Å². The van der Waals surface area contributed by atoms with E-state index in [-0.39, 0.29) is 11.5 Å². The van der Waals surface area contributed by atoms with Crippen LogP contribution >= 0.6 is 12.6 Å². The van der Waals surface area contributed by atoms with Crippen molar-refractivity contribution in [3.63, 3.8) is 0 Å². The lowest BCUT2D eigenvalue weighted by molar-refractivity contribution is -0.138. The van der Waals surface area contributed by atoms with Crippen LogP contribution in [0.3, 0.4) is 0 Å². The molecule has 0 rings (SSSR count). The van der Waals surface area contributed by atoms with Gasteiger partial charge in [0.15, 0.2) is 11.5 Å². The van der Waals surface area contributed by atoms with Gasteiger partial charge in [-0.1, -0.05) is 0 Å². The highest BCUT2D eigenvalue weighted by Gasteiger charge is 2.08. The summed E-state index contributed by atoms with van der Waals surface area (Å²) >= 11 is 3.56. The first-order chi connectivity index (χ1) is 5.09. The molecule has 0 saturated carbocycles. The fourth-order valence-corrected chi connectivity index (χ4v) is 0.541. The van der Waals surface area contributed by atoms with E-state index in [4.69, 9.17) is 19.8 Å². The summed E-state index contributed by atoms with van der Waals surface area (Å²) in [5.41, 5.74) is 5.08. The van der Waals surface area contributed by atoms with Crippen LogP contribution in [0.5, 0.6) is 0 Å². The second kappa shape index (κ2) is 9.60. The van der Waals surface area contributed by atoms with Crippen molar-refractivity contribution in [3.8, 4) is 0 Å². The Balaban J connectivity index is 0. The zero-order chi connectivity index (χ0) is 9.28. The molecule has 0 aliphatic carbocycles. The van der Waals surface area contributed by atoms with Crippen LogP contribution < -0.4 is 5.73 Å². The van der Waals surface area contributed by atoms with Crippen molar-refractivity contribution >= 4 is 30.1 Å². The largest absolute Gasteiger partial charge is 0.480 e. The monoisotopic (exact) mass is 198 g/mol. The number of carboxylic acid groups (broad SMARTS) is 1. The molecule has 1 atom stereocenters. The van der Waals surface area contributed by atoms with Gasteiger partial charge in [0.25, 0.3) is 0 Å². The van der Waals surface area contributed by atoms with Crippen LogP contribution in [0.1, 0.15) is 6.42 Å². The standard InChI is InChI=1S/C4H9NO2S.HNOS/c5-3(1-2-8)4(6)7;1-3-2/h3,8H,1-2,5H2,(H,6,7);1H. The normalized spacial score (nSPS) is 10.7. The Morgan fingerprint density at radius 2 is 2.18 bits per heavy atom. The predicted molar refractivity (Wildman–Crippen MR) is 44.9 cm³/mol. The fraction of sp³-hybridized carbons (Fsp3) is 0.750. The Hall–Kier alpha value is -0.400. The zero-order valence-corrected chi connectivity index (χ0v) is 7.40. The van der Waals surface area contributed by atoms with E-state index in [0.717, 1.165) is 0 Å². The third-order valence-corrected chi connectivity index (χ3v) is 1.02. The second-order valence-electron chi connectivity index (χ2n) is 1.54. The number of hydrogen-bond acceptors (Lipinski definition) is 5. The molecule has 4 N–H and O–H groups in total. The van der Waals surface area contributed by atoms with Gasteiger partial charge < -0.3 is 10.8 Å². The fourth-order valence-electron chi connectivity index (χ4n) is 0.263. The van der Waals surface area contributed by atoms with Gasteiger partial charge in [-0.2, -0.15) is 16.8 Å². The molecule has 0 radical (unpaired) electrons. The first-order valence-corrected chi connectivity index (χ1v) is 4.02. The summed E-state index contributed by atoms with van der Waals surface area (Å²) in [7, 11) is 0. The number of carbonyl (C=O) groups is 1. The van der Waals surface area contributed by atoms with Crippen molar-refractivity contribution in [2.75, 3.05) is 5.75 Å². The molecule has 0 aromatic carbocycles. The molecule has 0 spiro atoms. The molecule has 0 saturated heterocycles. The predicted octanol–water partition coefficient (Wildman–Crippen LogP) is -0.320. The molecule has 0 aromatic rings. The number of nitrogens with one attached hydrogen (secondary N) is 1. The summed E-state index contributed by atoms with van der Waals surface area (Å²) in [6.07, 6.45) is 0.429. The third kappa shape index (κ3) is 12.7. The molecule has 0 amide bonds. The molecule has 0 aliphatic rings. The van der Waals surface area contributed by atoms with E-state index in [0.29, 0.717) is 12.2 Å². The summed E-state index contributed by atoms with van der Waals surface area (Å²) < 4.78 is 14.1. The van der Waals surface area contributed by atoms with E-state index in [1.807, 2.05) is 0 Å². The minimum Gasteiger partial charge on any atom is -0.480 e. The minimum atomic E-state index is -0.959. The SMILES string of the molecule is N=S=O.NC(CCS)C(=O)O. The lowest BCUT2D eigenvalue weighted by atomic mass is 10.2. The molecule has 0 bridgehead atoms. The lowest BCUT2D eigenvalue weighted by Gasteiger charge is -2.00. The van der Waals surface area contributed by atoms with Crippen LogP contribution in [0, 0.1) is 4.78 Å². The van der Waals surface area contributed by atoms with E-state index < -0.39 is 12.0 Å². The van der Waals surface area contributed by atoms with Crippen molar-refractivity contribution in [3.05, 3.63) is 0 Å². The second-order valence-corrected chi connectivity index (χ2v) is 2.15. The Labute approximate surface area is 73.4 Å². The number of carboxylic acids is 1. The first kappa shape index (κ1) is 13.2. The Bertz CT molecular complexity index is 146. The van der Waals surface area contributed by atoms with Crippen molar-refractivity contribution in [2.45, 2.75) is 12.5 Å². The van der Waals surface area contributed by atoms with Crippen molar-refractivity contribution in [1.82, 2.24) is 0 Å². The van der Waals surface area contributed by atoms with Gasteiger partial charge in [0.05, 0.1) is 0 Å². The van der Waals surface area contributed by atoms with Crippen molar-refractivity contribution in [2.24, 2.45) is 5.73 Å². The molecule has 0 heterocycles. The minimum absolute atomic E-state index is 0.250. The highest BCUT2D eigenvalue weighted by molar-refractivity contribution is 7.80. The number of hydrogen-bond donors (Lipinski definition) is 4. The number of rotatable bonds is 3. The lowest BCUT2D eigenvalue weighted by Crippen LogP contribution is -2.30. The summed E-state index contributed by atoms with van der Waals surface area (Å²) in [6.45, 7) is 0. The molecule has 0 fully saturated rings. The van der Waals surface area contributed by atoms with Crippen LogP contribution in [-0.4, -0.2) is 27.1 Å². The van der Waals surface area contributed by atoms with Crippen molar-refractivity contribution < 1.29 is 14.1 Å². The van der Waals surface area contributed by atoms with Crippen LogP contribution in [0.15, 0.2) is 0 Å². The molecule has 11 heavy (non-hydrogen) atoms. The molecular weight excluding hydrogens is 188 g/mol. The maximum absolute atomic E-state index is 9.93. The highest BCUT2D eigenvalue weighted by Crippen LogP contribution is 1.88. The molecule has 1 unspecified atom stereocenters. The summed E-state index contributed by atoms with van der Waals surface area (Å²) in [6, 6.07) is -0.743. The van der Waals surface area contributed by atoms with Gasteiger partial charge in [0.2, 0.25) is 0 Å². The van der Waals surface area contributed by atoms with Crippen molar-refractivity contribution in [1.29, 1.82) is 4.78 Å². The average molecular weight is 198 g/mol. The van der Waals surface area contributed by atoms with E-state index in [9.17, 15) is 4.79 Å². The highest BCUT2D eigenvalue weighted by atomic mass is 32.1. The maximum Gasteiger partial charge on any atom is 0.320 e. The summed E-state index contributed by atoms with van der Waals surface area (Å²) in [4.78, 5) is 9.93. The van der Waals surface area contributed by atoms with Gasteiger partial charge in [0, 0.05) is 0 Å². The number of nitrogens with two attached hydrogens (primary N) is 1. The van der Waals surface area contributed by atoms with E-state index in [1.165, 1.54) is 0 Å². The first-order valence-electron chi connectivity index (χ1n) is 2.65. The van der Waals surface area contributed by atoms with Gasteiger partial charge in [0.1, 0.15) is 6.04 Å². The quantitative estimate of drug-likeness (QED) is 0.466. The Morgan fingerprint density at radius 1 is 1.82 bits per heavy atom. The van der Waals surface area contributed by atoms with Gasteiger partial charge in [-0.05, 0) is 12.2 Å². The van der Waals surface area contributed by atoms with Gasteiger partial charge in [-0.3, -0.25) is 4.79 Å². The topological polar surface area (TPSA) is 104 Å². The van der Waals surface area contributed by atoms with Crippen LogP contribution in [-0.2, 0) is 16.3 Å². The molecule has 0 aliphatic heterocycles. The number of thiol groups is 1. The van der Waals surface area contributed by atoms with Gasteiger partial charge >= 0.3 is 5.97 Å². The van der Waals surface area contributed by atoms with E-state index >= 15 is 0 Å². The third-order valence-electron chi connectivity index (χ3n) is 0.757. The average Bonchev–Trinajstić information content (AvgIpc) is 1.90. The Morgan fingerprint density at radius 3 is 2.27 bits per heavy atom. The molecular formula is C4H10N2O3S2. The van der Waals surface area contributed by atoms with Crippen LogP contribution in [0.25, 0.3) is 0 Å². The molecule has 0 aromatic heterocycles. The summed E-state index contributed by atoms with van der Waals surface area (Å²) in [5, 5.41) is 8.15. The Kier molecular flexibility index (Phi) is 11.5. The van der Waals surface area contributed by atoms with Gasteiger partial charge in [-0.15, -0.1) is 0 Å². The van der Waals surface area contributed by atoms with E-state index in [1.54, 1.807) is 0 Å². The maximum atomic E-state index is 9.93. The molecule has 66 valence electrons. The smallest absolute Gasteiger partial charge is 0.320 e. The molecule has 5 nitrogen and oxygen atoms in total. The summed E-state index contributed by atoms with van der Waals surface area (Å²) in [5.74, 6) is -0.438. The zero-order valence-electron chi connectivity index (χ0n) is 5.69. The molecule has 7 heteroatoms. The number of aliphatic carboxylic acids is 1. The van der Waals surface area contributed by atoms with Crippen LogP contribution in [0.4, 0.5) is 0 Å². The van der Waals surface area contributed by atoms with E-state index in [2.05, 4.69) is 12.6 Å². The van der Waals surface area contributed by atoms with Crippen LogP contribution in [0.2, 0.25) is 0 Å².